The molecule has 0 aliphatic heterocycles. The first kappa shape index (κ1) is 13.4. The van der Waals surface area contributed by atoms with Gasteiger partial charge >= 0.3 is 0 Å². The van der Waals surface area contributed by atoms with Gasteiger partial charge in [-0.25, -0.2) is 9.44 Å². The first-order valence-corrected chi connectivity index (χ1v) is 5.97. The Labute approximate surface area is 85.7 Å². The third-order valence-corrected chi connectivity index (χ3v) is 2.66. The smallest absolute Gasteiger partial charge is 0.202 e. The average Bonchev–Trinajstić information content (AvgIpc) is 2.12. The number of nitriles is 1. The molecular formula is C8H17N3O2S. The van der Waals surface area contributed by atoms with Gasteiger partial charge < -0.3 is 0 Å². The summed E-state index contributed by atoms with van der Waals surface area (Å²) in [4.78, 5) is 0. The molecule has 0 spiro atoms. The summed E-state index contributed by atoms with van der Waals surface area (Å²) in [5.41, 5.74) is -0.680. The van der Waals surface area contributed by atoms with E-state index in [9.17, 15) is 8.42 Å². The fourth-order valence-corrected chi connectivity index (χ4v) is 1.73. The maximum Gasteiger partial charge on any atom is 0.276 e. The van der Waals surface area contributed by atoms with E-state index in [-0.39, 0.29) is 6.54 Å². The molecule has 0 aliphatic carbocycles. The average molecular weight is 219 g/mol. The Hall–Kier alpha value is -0.640. The molecule has 0 atom stereocenters. The van der Waals surface area contributed by atoms with Crippen molar-refractivity contribution in [2.24, 2.45) is 5.41 Å². The quantitative estimate of drug-likeness (QED) is 0.677. The monoisotopic (exact) mass is 219 g/mol. The summed E-state index contributed by atoms with van der Waals surface area (Å²) in [6, 6.07) is 2.02. The highest BCUT2D eigenvalue weighted by atomic mass is 32.2. The predicted molar refractivity (Wildman–Crippen MR) is 54.6 cm³/mol. The van der Waals surface area contributed by atoms with Crippen LogP contribution in [0.2, 0.25) is 0 Å². The van der Waals surface area contributed by atoms with Crippen molar-refractivity contribution in [3.8, 4) is 6.07 Å². The SMILES string of the molecule is CCCNS(=O)(=O)NCC(C)(C)C#N. The number of hydrogen-bond donors (Lipinski definition) is 2. The van der Waals surface area contributed by atoms with Gasteiger partial charge in [0.1, 0.15) is 0 Å². The van der Waals surface area contributed by atoms with Crippen molar-refractivity contribution in [1.29, 1.82) is 5.26 Å². The van der Waals surface area contributed by atoms with Gasteiger partial charge in [-0.2, -0.15) is 13.7 Å². The van der Waals surface area contributed by atoms with Gasteiger partial charge in [-0.15, -0.1) is 0 Å². The molecule has 0 saturated heterocycles. The fraction of sp³-hybridized carbons (Fsp3) is 0.875. The molecule has 6 heteroatoms. The lowest BCUT2D eigenvalue weighted by atomic mass is 9.97. The highest BCUT2D eigenvalue weighted by Gasteiger charge is 2.19. The zero-order valence-corrected chi connectivity index (χ0v) is 9.61. The molecule has 2 N–H and O–H groups in total. The van der Waals surface area contributed by atoms with Crippen LogP contribution in [0, 0.1) is 16.7 Å². The molecule has 0 aromatic heterocycles. The molecule has 0 saturated carbocycles. The first-order chi connectivity index (χ1) is 6.33. The van der Waals surface area contributed by atoms with E-state index < -0.39 is 15.6 Å². The van der Waals surface area contributed by atoms with Crippen molar-refractivity contribution in [2.45, 2.75) is 27.2 Å². The Balaban J connectivity index is 4.08. The summed E-state index contributed by atoms with van der Waals surface area (Å²) in [6.45, 7) is 5.75. The summed E-state index contributed by atoms with van der Waals surface area (Å²) >= 11 is 0. The normalized spacial score (nSPS) is 12.4. The number of nitrogens with one attached hydrogen (secondary N) is 2. The molecular weight excluding hydrogens is 202 g/mol. The van der Waals surface area contributed by atoms with Crippen molar-refractivity contribution >= 4 is 10.2 Å². The van der Waals surface area contributed by atoms with Gasteiger partial charge in [0.05, 0.1) is 11.5 Å². The molecule has 0 aromatic carbocycles. The largest absolute Gasteiger partial charge is 0.276 e. The predicted octanol–water partition coefficient (Wildman–Crippen LogP) is 0.370. The van der Waals surface area contributed by atoms with E-state index >= 15 is 0 Å². The van der Waals surface area contributed by atoms with Crippen molar-refractivity contribution in [2.75, 3.05) is 13.1 Å². The second-order valence-corrected chi connectivity index (χ2v) is 5.30. The Morgan fingerprint density at radius 3 is 2.36 bits per heavy atom. The van der Waals surface area contributed by atoms with Crippen molar-refractivity contribution in [3.05, 3.63) is 0 Å². The minimum atomic E-state index is -3.44. The molecule has 82 valence electrons. The van der Waals surface area contributed by atoms with Crippen LogP contribution in [-0.4, -0.2) is 21.5 Å². The zero-order valence-electron chi connectivity index (χ0n) is 8.79. The van der Waals surface area contributed by atoms with Gasteiger partial charge in [0.15, 0.2) is 0 Å². The second kappa shape index (κ2) is 5.29. The van der Waals surface area contributed by atoms with Crippen molar-refractivity contribution in [3.63, 3.8) is 0 Å². The van der Waals surface area contributed by atoms with Crippen LogP contribution in [-0.2, 0) is 10.2 Å². The first-order valence-electron chi connectivity index (χ1n) is 4.48. The maximum atomic E-state index is 11.2. The van der Waals surface area contributed by atoms with Crippen LogP contribution in [0.25, 0.3) is 0 Å². The van der Waals surface area contributed by atoms with Crippen LogP contribution in [0.4, 0.5) is 0 Å². The van der Waals surface area contributed by atoms with Gasteiger partial charge in [-0.3, -0.25) is 0 Å². The third kappa shape index (κ3) is 5.91. The summed E-state index contributed by atoms with van der Waals surface area (Å²) in [7, 11) is -3.44. The van der Waals surface area contributed by atoms with E-state index in [1.54, 1.807) is 13.8 Å². The summed E-state index contributed by atoms with van der Waals surface area (Å²) < 4.78 is 27.1. The standard InChI is InChI=1S/C8H17N3O2S/c1-4-5-10-14(12,13)11-7-8(2,3)6-9/h10-11H,4-5,7H2,1-3H3. The van der Waals surface area contributed by atoms with E-state index in [1.807, 2.05) is 13.0 Å². The van der Waals surface area contributed by atoms with Crippen LogP contribution in [0.5, 0.6) is 0 Å². The summed E-state index contributed by atoms with van der Waals surface area (Å²) in [5.74, 6) is 0. The van der Waals surface area contributed by atoms with Gasteiger partial charge in [0.25, 0.3) is 10.2 Å². The highest BCUT2D eigenvalue weighted by molar-refractivity contribution is 7.87. The molecule has 0 heterocycles. The lowest BCUT2D eigenvalue weighted by Gasteiger charge is -2.15. The maximum absolute atomic E-state index is 11.2. The number of rotatable bonds is 6. The molecule has 0 fully saturated rings. The Morgan fingerprint density at radius 1 is 1.36 bits per heavy atom. The zero-order chi connectivity index (χ0) is 11.2. The van der Waals surface area contributed by atoms with Crippen molar-refractivity contribution in [1.82, 2.24) is 9.44 Å². The lowest BCUT2D eigenvalue weighted by Crippen LogP contribution is -2.41. The minimum Gasteiger partial charge on any atom is -0.202 e. The van der Waals surface area contributed by atoms with Crippen LogP contribution < -0.4 is 9.44 Å². The third-order valence-electron chi connectivity index (χ3n) is 1.55. The summed E-state index contributed by atoms with van der Waals surface area (Å²) in [6.07, 6.45) is 0.739. The molecule has 0 aromatic rings. The fourth-order valence-electron chi connectivity index (χ4n) is 0.602. The van der Waals surface area contributed by atoms with Crippen LogP contribution in [0.15, 0.2) is 0 Å². The molecule has 14 heavy (non-hydrogen) atoms. The Morgan fingerprint density at radius 2 is 1.93 bits per heavy atom. The van der Waals surface area contributed by atoms with E-state index in [1.165, 1.54) is 0 Å². The molecule has 5 nitrogen and oxygen atoms in total. The van der Waals surface area contributed by atoms with Gasteiger partial charge in [-0.05, 0) is 20.3 Å². The Bertz CT molecular complexity index is 303. The van der Waals surface area contributed by atoms with E-state index in [0.717, 1.165) is 6.42 Å². The minimum absolute atomic E-state index is 0.114. The van der Waals surface area contributed by atoms with Crippen LogP contribution >= 0.6 is 0 Å². The van der Waals surface area contributed by atoms with E-state index in [4.69, 9.17) is 5.26 Å². The van der Waals surface area contributed by atoms with Crippen LogP contribution in [0.1, 0.15) is 27.2 Å². The Kier molecular flexibility index (Phi) is 5.05. The number of hydrogen-bond acceptors (Lipinski definition) is 3. The lowest BCUT2D eigenvalue weighted by molar-refractivity contribution is 0.475. The van der Waals surface area contributed by atoms with Crippen molar-refractivity contribution < 1.29 is 8.42 Å². The molecule has 0 amide bonds. The summed E-state index contributed by atoms with van der Waals surface area (Å²) in [5, 5.41) is 8.66. The highest BCUT2D eigenvalue weighted by Crippen LogP contribution is 2.10. The molecule has 0 unspecified atom stereocenters. The molecule has 0 rings (SSSR count). The van der Waals surface area contributed by atoms with Crippen LogP contribution in [0.3, 0.4) is 0 Å². The topological polar surface area (TPSA) is 82.0 Å². The molecule has 0 bridgehead atoms. The van der Waals surface area contributed by atoms with Gasteiger partial charge in [0.2, 0.25) is 0 Å². The molecule has 0 radical (unpaired) electrons. The number of nitrogens with zero attached hydrogens (tertiary/aromatic N) is 1. The second-order valence-electron chi connectivity index (χ2n) is 3.71. The van der Waals surface area contributed by atoms with E-state index in [0.29, 0.717) is 6.54 Å². The van der Waals surface area contributed by atoms with Gasteiger partial charge in [-0.1, -0.05) is 6.92 Å². The van der Waals surface area contributed by atoms with E-state index in [2.05, 4.69) is 9.44 Å². The molecule has 0 aliphatic rings. The van der Waals surface area contributed by atoms with Gasteiger partial charge in [0, 0.05) is 13.1 Å².